The summed E-state index contributed by atoms with van der Waals surface area (Å²) in [6.07, 6.45) is 8.71. The Morgan fingerprint density at radius 1 is 1.29 bits per heavy atom. The van der Waals surface area contributed by atoms with Crippen LogP contribution in [0.1, 0.15) is 49.9 Å². The van der Waals surface area contributed by atoms with E-state index in [1.54, 1.807) is 0 Å². The molecule has 3 nitrogen and oxygen atoms in total. The van der Waals surface area contributed by atoms with Gasteiger partial charge in [0.15, 0.2) is 0 Å². The fourth-order valence-electron chi connectivity index (χ4n) is 3.67. The second kappa shape index (κ2) is 6.02. The van der Waals surface area contributed by atoms with Crippen molar-refractivity contribution in [3.05, 3.63) is 54.1 Å². The average molecular weight is 284 g/mol. The van der Waals surface area contributed by atoms with Gasteiger partial charge in [0.1, 0.15) is 5.82 Å². The zero-order valence-electron chi connectivity index (χ0n) is 12.7. The van der Waals surface area contributed by atoms with Crippen molar-refractivity contribution in [1.82, 2.24) is 9.55 Å². The molecule has 2 unspecified atom stereocenters. The molecule has 1 aliphatic carbocycles. The van der Waals surface area contributed by atoms with E-state index in [1.807, 2.05) is 18.5 Å². The van der Waals surface area contributed by atoms with Crippen molar-refractivity contribution >= 4 is 0 Å². The van der Waals surface area contributed by atoms with Crippen LogP contribution in [0.3, 0.4) is 0 Å². The molecule has 1 heterocycles. The van der Waals surface area contributed by atoms with Gasteiger partial charge in [-0.05, 0) is 25.3 Å². The van der Waals surface area contributed by atoms with Crippen LogP contribution in [0.15, 0.2) is 42.7 Å². The van der Waals surface area contributed by atoms with Crippen LogP contribution in [0.2, 0.25) is 0 Å². The van der Waals surface area contributed by atoms with Crippen molar-refractivity contribution in [3.63, 3.8) is 0 Å². The van der Waals surface area contributed by atoms with Gasteiger partial charge in [0.2, 0.25) is 0 Å². The van der Waals surface area contributed by atoms with E-state index in [9.17, 15) is 5.11 Å². The van der Waals surface area contributed by atoms with Gasteiger partial charge in [-0.1, -0.05) is 43.2 Å². The predicted octanol–water partition coefficient (Wildman–Crippen LogP) is 3.53. The monoisotopic (exact) mass is 284 g/mol. The highest BCUT2D eigenvalue weighted by Gasteiger charge is 2.40. The van der Waals surface area contributed by atoms with Gasteiger partial charge < -0.3 is 9.67 Å². The molecule has 1 aromatic heterocycles. The number of rotatable bonds is 4. The first-order valence-electron chi connectivity index (χ1n) is 8.00. The highest BCUT2D eigenvalue weighted by atomic mass is 16.3. The topological polar surface area (TPSA) is 38.0 Å². The molecule has 1 N–H and O–H groups in total. The molecule has 0 aliphatic heterocycles. The summed E-state index contributed by atoms with van der Waals surface area (Å²) < 4.78 is 2.13. The fraction of sp³-hybridized carbons (Fsp3) is 0.500. The molecule has 0 radical (unpaired) electrons. The van der Waals surface area contributed by atoms with Crippen LogP contribution in [0.5, 0.6) is 0 Å². The van der Waals surface area contributed by atoms with Gasteiger partial charge in [-0.25, -0.2) is 4.98 Å². The first-order chi connectivity index (χ1) is 10.2. The minimum Gasteiger partial charge on any atom is -0.389 e. The number of hydrogen-bond donors (Lipinski definition) is 1. The van der Waals surface area contributed by atoms with Gasteiger partial charge in [-0.2, -0.15) is 0 Å². The lowest BCUT2D eigenvalue weighted by atomic mass is 9.70. The number of benzene rings is 1. The van der Waals surface area contributed by atoms with E-state index >= 15 is 0 Å². The summed E-state index contributed by atoms with van der Waals surface area (Å²) in [5, 5.41) is 11.3. The molecule has 112 valence electrons. The SMILES string of the molecule is CCn1ccnc1CC1(O)CCCCC1c1ccccc1. The Morgan fingerprint density at radius 2 is 2.10 bits per heavy atom. The number of hydrogen-bond acceptors (Lipinski definition) is 2. The summed E-state index contributed by atoms with van der Waals surface area (Å²) in [7, 11) is 0. The molecule has 1 aromatic carbocycles. The fourth-order valence-corrected chi connectivity index (χ4v) is 3.67. The predicted molar refractivity (Wildman–Crippen MR) is 84.2 cm³/mol. The molecule has 3 heteroatoms. The van der Waals surface area contributed by atoms with E-state index in [0.29, 0.717) is 6.42 Å². The van der Waals surface area contributed by atoms with Crippen molar-refractivity contribution in [2.75, 3.05) is 0 Å². The van der Waals surface area contributed by atoms with Gasteiger partial charge in [0, 0.05) is 31.3 Å². The number of nitrogens with zero attached hydrogens (tertiary/aromatic N) is 2. The summed E-state index contributed by atoms with van der Waals surface area (Å²) >= 11 is 0. The number of aryl methyl sites for hydroxylation is 1. The highest BCUT2D eigenvalue weighted by molar-refractivity contribution is 5.24. The molecule has 2 atom stereocenters. The minimum atomic E-state index is -0.669. The molecular weight excluding hydrogens is 260 g/mol. The van der Waals surface area contributed by atoms with Crippen LogP contribution in [0.4, 0.5) is 0 Å². The maximum Gasteiger partial charge on any atom is 0.111 e. The Kier molecular flexibility index (Phi) is 4.11. The molecule has 2 aromatic rings. The van der Waals surface area contributed by atoms with Crippen molar-refractivity contribution in [3.8, 4) is 0 Å². The third-order valence-corrected chi connectivity index (χ3v) is 4.81. The first kappa shape index (κ1) is 14.3. The second-order valence-corrected chi connectivity index (χ2v) is 6.12. The van der Waals surface area contributed by atoms with E-state index in [1.165, 1.54) is 12.0 Å². The van der Waals surface area contributed by atoms with Gasteiger partial charge >= 0.3 is 0 Å². The molecule has 3 rings (SSSR count). The van der Waals surface area contributed by atoms with Crippen LogP contribution in [0.25, 0.3) is 0 Å². The number of aromatic nitrogens is 2. The van der Waals surface area contributed by atoms with Gasteiger partial charge in [-0.3, -0.25) is 0 Å². The molecule has 1 aliphatic rings. The van der Waals surface area contributed by atoms with Crippen molar-refractivity contribution in [1.29, 1.82) is 0 Å². The van der Waals surface area contributed by atoms with Gasteiger partial charge in [-0.15, -0.1) is 0 Å². The van der Waals surface area contributed by atoms with Crippen molar-refractivity contribution in [2.24, 2.45) is 0 Å². The van der Waals surface area contributed by atoms with E-state index in [-0.39, 0.29) is 5.92 Å². The van der Waals surface area contributed by atoms with E-state index in [4.69, 9.17) is 0 Å². The van der Waals surface area contributed by atoms with Gasteiger partial charge in [0.25, 0.3) is 0 Å². The average Bonchev–Trinajstić information content (AvgIpc) is 2.95. The Bertz CT molecular complexity index is 578. The summed E-state index contributed by atoms with van der Waals surface area (Å²) in [5.41, 5.74) is 0.590. The lowest BCUT2D eigenvalue weighted by Crippen LogP contribution is -2.42. The molecule has 1 saturated carbocycles. The molecule has 0 spiro atoms. The van der Waals surface area contributed by atoms with Crippen LogP contribution in [-0.4, -0.2) is 20.3 Å². The van der Waals surface area contributed by atoms with Crippen LogP contribution >= 0.6 is 0 Å². The Morgan fingerprint density at radius 3 is 2.86 bits per heavy atom. The van der Waals surface area contributed by atoms with Crippen molar-refractivity contribution in [2.45, 2.75) is 57.1 Å². The molecule has 0 saturated heterocycles. The normalized spacial score (nSPS) is 25.9. The third-order valence-electron chi connectivity index (χ3n) is 4.81. The maximum absolute atomic E-state index is 11.3. The zero-order chi connectivity index (χ0) is 14.7. The Hall–Kier alpha value is -1.61. The Labute approximate surface area is 126 Å². The van der Waals surface area contributed by atoms with E-state index < -0.39 is 5.60 Å². The minimum absolute atomic E-state index is 0.217. The zero-order valence-corrected chi connectivity index (χ0v) is 12.7. The summed E-state index contributed by atoms with van der Waals surface area (Å²) in [5.74, 6) is 1.22. The van der Waals surface area contributed by atoms with E-state index in [0.717, 1.165) is 31.6 Å². The molecule has 0 bridgehead atoms. The first-order valence-corrected chi connectivity index (χ1v) is 8.00. The molecule has 1 fully saturated rings. The standard InChI is InChI=1S/C18H24N2O/c1-2-20-13-12-19-17(20)14-18(21)11-7-6-10-16(18)15-8-4-3-5-9-15/h3-5,8-9,12-13,16,21H,2,6-7,10-11,14H2,1H3. The molecular formula is C18H24N2O. The summed E-state index contributed by atoms with van der Waals surface area (Å²) in [6, 6.07) is 10.5. The third kappa shape index (κ3) is 2.88. The highest BCUT2D eigenvalue weighted by Crippen LogP contribution is 2.42. The summed E-state index contributed by atoms with van der Waals surface area (Å²) in [6.45, 7) is 3.02. The number of aliphatic hydroxyl groups is 1. The largest absolute Gasteiger partial charge is 0.389 e. The quantitative estimate of drug-likeness (QED) is 0.932. The van der Waals surface area contributed by atoms with Gasteiger partial charge in [0.05, 0.1) is 5.60 Å². The van der Waals surface area contributed by atoms with Crippen LogP contribution in [-0.2, 0) is 13.0 Å². The summed E-state index contributed by atoms with van der Waals surface area (Å²) in [4.78, 5) is 4.46. The lowest BCUT2D eigenvalue weighted by molar-refractivity contribution is -0.0188. The van der Waals surface area contributed by atoms with Crippen LogP contribution in [0, 0.1) is 0 Å². The maximum atomic E-state index is 11.3. The Balaban J connectivity index is 1.89. The number of imidazole rings is 1. The lowest BCUT2D eigenvalue weighted by Gasteiger charge is -2.40. The van der Waals surface area contributed by atoms with Crippen molar-refractivity contribution < 1.29 is 5.11 Å². The van der Waals surface area contributed by atoms with Crippen LogP contribution < -0.4 is 0 Å². The molecule has 0 amide bonds. The van der Waals surface area contributed by atoms with E-state index in [2.05, 4.69) is 40.7 Å². The molecule has 21 heavy (non-hydrogen) atoms. The smallest absolute Gasteiger partial charge is 0.111 e. The second-order valence-electron chi connectivity index (χ2n) is 6.12.